The zero-order valence-electron chi connectivity index (χ0n) is 6.07. The average molecular weight is 135 g/mol. The third-order valence-corrected chi connectivity index (χ3v) is 1.84. The van der Waals surface area contributed by atoms with Gasteiger partial charge < -0.3 is 4.57 Å². The van der Waals surface area contributed by atoms with Crippen LogP contribution < -0.4 is 0 Å². The first-order valence-corrected chi connectivity index (χ1v) is 3.23. The van der Waals surface area contributed by atoms with Crippen molar-refractivity contribution in [3.05, 3.63) is 24.4 Å². The molecule has 0 atom stereocenters. The van der Waals surface area contributed by atoms with E-state index in [0.717, 1.165) is 5.65 Å². The van der Waals surface area contributed by atoms with Crippen LogP contribution in [0.15, 0.2) is 18.7 Å². The molecule has 0 aliphatic carbocycles. The molecule has 0 amide bonds. The summed E-state index contributed by atoms with van der Waals surface area (Å²) in [6.07, 6.45) is 5.72. The van der Waals surface area contributed by atoms with E-state index in [9.17, 15) is 0 Å². The molecule has 2 heterocycles. The van der Waals surface area contributed by atoms with Crippen LogP contribution in [0.25, 0.3) is 5.65 Å². The lowest BCUT2D eigenvalue weighted by molar-refractivity contribution is 0.913. The van der Waals surface area contributed by atoms with Gasteiger partial charge in [0.05, 0.1) is 6.20 Å². The number of imidazole rings is 2. The number of aromatic nitrogens is 3. The fourth-order valence-corrected chi connectivity index (χ4v) is 1.13. The number of rotatable bonds is 0. The highest BCUT2D eigenvalue weighted by Gasteiger charge is 1.99. The molecule has 3 heteroatoms. The van der Waals surface area contributed by atoms with E-state index in [-0.39, 0.29) is 0 Å². The SMILES string of the molecule is Cc1cn2cncc2n1C. The van der Waals surface area contributed by atoms with Gasteiger partial charge in [-0.1, -0.05) is 0 Å². The van der Waals surface area contributed by atoms with Crippen molar-refractivity contribution in [2.45, 2.75) is 6.92 Å². The fourth-order valence-electron chi connectivity index (χ4n) is 1.13. The molecule has 2 aromatic rings. The summed E-state index contributed by atoms with van der Waals surface area (Å²) < 4.78 is 4.11. The molecular weight excluding hydrogens is 126 g/mol. The van der Waals surface area contributed by atoms with Crippen LogP contribution in [-0.4, -0.2) is 14.0 Å². The van der Waals surface area contributed by atoms with Crippen molar-refractivity contribution < 1.29 is 0 Å². The zero-order chi connectivity index (χ0) is 7.14. The fraction of sp³-hybridized carbons (Fsp3) is 0.286. The molecule has 0 bridgehead atoms. The van der Waals surface area contributed by atoms with Gasteiger partial charge >= 0.3 is 0 Å². The van der Waals surface area contributed by atoms with Crippen molar-refractivity contribution in [3.63, 3.8) is 0 Å². The Bertz CT molecular complexity index is 356. The lowest BCUT2D eigenvalue weighted by Gasteiger charge is -1.91. The van der Waals surface area contributed by atoms with E-state index in [1.165, 1.54) is 5.69 Å². The molecule has 0 N–H and O–H groups in total. The summed E-state index contributed by atoms with van der Waals surface area (Å²) in [5.74, 6) is 0. The number of hydrogen-bond donors (Lipinski definition) is 0. The maximum atomic E-state index is 4.01. The highest BCUT2D eigenvalue weighted by molar-refractivity contribution is 5.38. The van der Waals surface area contributed by atoms with Gasteiger partial charge in [0.15, 0.2) is 0 Å². The predicted octanol–water partition coefficient (Wildman–Crippen LogP) is 0.981. The molecule has 0 aliphatic rings. The molecule has 0 aliphatic heterocycles. The summed E-state index contributed by atoms with van der Waals surface area (Å²) in [6, 6.07) is 0. The molecule has 0 aromatic carbocycles. The standard InChI is InChI=1S/C7H9N3/c1-6-4-10-5-8-3-7(10)9(6)2/h3-5H,1-2H3. The first-order valence-electron chi connectivity index (χ1n) is 3.23. The Balaban J connectivity index is 2.95. The summed E-state index contributed by atoms with van der Waals surface area (Å²) in [7, 11) is 2.03. The number of hydrogen-bond acceptors (Lipinski definition) is 1. The van der Waals surface area contributed by atoms with Gasteiger partial charge in [0.1, 0.15) is 12.0 Å². The molecule has 2 aromatic heterocycles. The van der Waals surface area contributed by atoms with Crippen molar-refractivity contribution in [1.29, 1.82) is 0 Å². The van der Waals surface area contributed by atoms with Crippen LogP contribution in [0, 0.1) is 6.92 Å². The lowest BCUT2D eigenvalue weighted by atomic mass is 10.5. The van der Waals surface area contributed by atoms with Crippen molar-refractivity contribution in [1.82, 2.24) is 14.0 Å². The van der Waals surface area contributed by atoms with Gasteiger partial charge in [-0.15, -0.1) is 0 Å². The smallest absolute Gasteiger partial charge is 0.136 e. The Morgan fingerprint density at radius 1 is 1.50 bits per heavy atom. The Labute approximate surface area is 58.9 Å². The molecule has 0 fully saturated rings. The van der Waals surface area contributed by atoms with E-state index in [4.69, 9.17) is 0 Å². The maximum absolute atomic E-state index is 4.01. The largest absolute Gasteiger partial charge is 0.332 e. The van der Waals surface area contributed by atoms with Crippen LogP contribution in [-0.2, 0) is 7.05 Å². The Hall–Kier alpha value is -1.25. The van der Waals surface area contributed by atoms with Crippen molar-refractivity contribution >= 4 is 5.65 Å². The molecular formula is C7H9N3. The highest BCUT2D eigenvalue weighted by atomic mass is 15.1. The lowest BCUT2D eigenvalue weighted by Crippen LogP contribution is -1.88. The molecule has 0 spiro atoms. The van der Waals surface area contributed by atoms with Crippen molar-refractivity contribution in [3.8, 4) is 0 Å². The topological polar surface area (TPSA) is 22.2 Å². The van der Waals surface area contributed by atoms with Gasteiger partial charge in [-0.05, 0) is 6.92 Å². The minimum absolute atomic E-state index is 1.14. The third kappa shape index (κ3) is 0.518. The van der Waals surface area contributed by atoms with Gasteiger partial charge in [0.25, 0.3) is 0 Å². The number of aryl methyl sites for hydroxylation is 2. The van der Waals surface area contributed by atoms with E-state index < -0.39 is 0 Å². The van der Waals surface area contributed by atoms with E-state index in [0.29, 0.717) is 0 Å². The van der Waals surface area contributed by atoms with E-state index in [1.807, 2.05) is 24.0 Å². The van der Waals surface area contributed by atoms with Gasteiger partial charge in [0, 0.05) is 18.9 Å². The summed E-state index contributed by atoms with van der Waals surface area (Å²) >= 11 is 0. The van der Waals surface area contributed by atoms with Crippen LogP contribution in [0.3, 0.4) is 0 Å². The second-order valence-corrected chi connectivity index (χ2v) is 2.49. The van der Waals surface area contributed by atoms with Crippen LogP contribution in [0.4, 0.5) is 0 Å². The van der Waals surface area contributed by atoms with Crippen LogP contribution in [0.1, 0.15) is 5.69 Å². The van der Waals surface area contributed by atoms with Gasteiger partial charge in [0.2, 0.25) is 0 Å². The number of nitrogens with zero attached hydrogens (tertiary/aromatic N) is 3. The van der Waals surface area contributed by atoms with Crippen LogP contribution in [0.5, 0.6) is 0 Å². The Morgan fingerprint density at radius 2 is 2.30 bits per heavy atom. The van der Waals surface area contributed by atoms with Gasteiger partial charge in [-0.2, -0.15) is 0 Å². The molecule has 0 radical (unpaired) electrons. The first kappa shape index (κ1) is 5.53. The van der Waals surface area contributed by atoms with Crippen LogP contribution in [0.2, 0.25) is 0 Å². The molecule has 2 rings (SSSR count). The Morgan fingerprint density at radius 3 is 3.00 bits per heavy atom. The molecule has 3 nitrogen and oxygen atoms in total. The van der Waals surface area contributed by atoms with E-state index >= 15 is 0 Å². The second kappa shape index (κ2) is 1.62. The highest BCUT2D eigenvalue weighted by Crippen LogP contribution is 2.05. The normalized spacial score (nSPS) is 11.0. The molecule has 52 valence electrons. The summed E-state index contributed by atoms with van der Waals surface area (Å²) in [5.41, 5.74) is 2.38. The zero-order valence-corrected chi connectivity index (χ0v) is 6.07. The van der Waals surface area contributed by atoms with Crippen molar-refractivity contribution in [2.75, 3.05) is 0 Å². The quantitative estimate of drug-likeness (QED) is 0.528. The predicted molar refractivity (Wildman–Crippen MR) is 38.9 cm³/mol. The molecule has 0 saturated carbocycles. The van der Waals surface area contributed by atoms with Gasteiger partial charge in [-0.3, -0.25) is 4.40 Å². The Kier molecular flexibility index (Phi) is 0.897. The summed E-state index contributed by atoms with van der Waals surface area (Å²) in [5, 5.41) is 0. The minimum atomic E-state index is 1.14. The van der Waals surface area contributed by atoms with Gasteiger partial charge in [-0.25, -0.2) is 4.98 Å². The summed E-state index contributed by atoms with van der Waals surface area (Å²) in [6.45, 7) is 2.08. The third-order valence-electron chi connectivity index (χ3n) is 1.84. The molecule has 10 heavy (non-hydrogen) atoms. The maximum Gasteiger partial charge on any atom is 0.136 e. The minimum Gasteiger partial charge on any atom is -0.332 e. The monoisotopic (exact) mass is 135 g/mol. The average Bonchev–Trinajstić information content (AvgIpc) is 2.41. The second-order valence-electron chi connectivity index (χ2n) is 2.49. The summed E-state index contributed by atoms with van der Waals surface area (Å²) in [4.78, 5) is 4.01. The number of fused-ring (bicyclic) bond motifs is 1. The van der Waals surface area contributed by atoms with Crippen molar-refractivity contribution in [2.24, 2.45) is 7.05 Å². The molecule has 0 saturated heterocycles. The van der Waals surface area contributed by atoms with E-state index in [1.54, 1.807) is 0 Å². The van der Waals surface area contributed by atoms with Crippen LogP contribution >= 0.6 is 0 Å². The first-order chi connectivity index (χ1) is 4.79. The molecule has 0 unspecified atom stereocenters. The van der Waals surface area contributed by atoms with E-state index in [2.05, 4.69) is 22.7 Å².